The summed E-state index contributed by atoms with van der Waals surface area (Å²) in [5.74, 6) is -0.211. The third-order valence-electron chi connectivity index (χ3n) is 9.11. The van der Waals surface area contributed by atoms with Gasteiger partial charge in [-0.15, -0.1) is 0 Å². The van der Waals surface area contributed by atoms with Crippen LogP contribution in [-0.4, -0.2) is 12.6 Å². The minimum atomic E-state index is -1.18. The second kappa shape index (κ2) is 12.9. The second-order valence-corrected chi connectivity index (χ2v) is 11.2. The van der Waals surface area contributed by atoms with Crippen molar-refractivity contribution in [2.75, 3.05) is 6.61 Å². The quantitative estimate of drug-likeness (QED) is 0.194. The van der Waals surface area contributed by atoms with Crippen molar-refractivity contribution in [3.8, 4) is 11.5 Å². The van der Waals surface area contributed by atoms with Crippen LogP contribution in [0.25, 0.3) is 0 Å². The number of benzene rings is 1. The molecule has 5 heteroatoms. The predicted octanol–water partition coefficient (Wildman–Crippen LogP) is 8.43. The molecule has 0 heterocycles. The molecule has 1 aromatic rings. The van der Waals surface area contributed by atoms with Crippen LogP contribution in [0, 0.1) is 47.1 Å². The highest BCUT2D eigenvalue weighted by Crippen LogP contribution is 2.50. The van der Waals surface area contributed by atoms with Gasteiger partial charge in [0.15, 0.2) is 11.5 Å². The zero-order valence-corrected chi connectivity index (χ0v) is 21.7. The zero-order chi connectivity index (χ0) is 25.5. The number of hydrogen-bond donors (Lipinski definition) is 0. The van der Waals surface area contributed by atoms with E-state index in [2.05, 4.69) is 25.7 Å². The molecule has 4 atom stereocenters. The summed E-state index contributed by atoms with van der Waals surface area (Å²) in [6, 6.07) is 2.58. The summed E-state index contributed by atoms with van der Waals surface area (Å²) in [5.41, 5.74) is 0. The molecular weight excluding hydrogens is 458 g/mol. The Labute approximate surface area is 215 Å². The molecule has 0 saturated heterocycles. The Balaban J connectivity index is 1.31. The van der Waals surface area contributed by atoms with Crippen LogP contribution >= 0.6 is 0 Å². The van der Waals surface area contributed by atoms with E-state index >= 15 is 0 Å². The first-order valence-electron chi connectivity index (χ1n) is 14.1. The third-order valence-corrected chi connectivity index (χ3v) is 9.11. The van der Waals surface area contributed by atoms with Crippen molar-refractivity contribution in [2.24, 2.45) is 35.5 Å². The monoisotopic (exact) mass is 500 g/mol. The highest BCUT2D eigenvalue weighted by atomic mass is 19.2. The van der Waals surface area contributed by atoms with Crippen LogP contribution in [0.4, 0.5) is 8.78 Å². The van der Waals surface area contributed by atoms with Crippen LogP contribution in [0.5, 0.6) is 11.5 Å². The molecule has 0 bridgehead atoms. The second-order valence-electron chi connectivity index (χ2n) is 11.2. The number of carbonyl (C=O) groups is 1. The van der Waals surface area contributed by atoms with Crippen LogP contribution in [0.2, 0.25) is 0 Å². The number of rotatable bonds is 9. The molecule has 0 spiro atoms. The van der Waals surface area contributed by atoms with Crippen molar-refractivity contribution in [2.45, 2.75) is 84.0 Å². The summed E-state index contributed by atoms with van der Waals surface area (Å²) in [6.07, 6.45) is 20.2. The van der Waals surface area contributed by atoms with Gasteiger partial charge < -0.3 is 9.47 Å². The van der Waals surface area contributed by atoms with Gasteiger partial charge in [0.1, 0.15) is 6.61 Å². The number of halogens is 2. The molecule has 3 saturated carbocycles. The maximum atomic E-state index is 14.6. The molecule has 3 aliphatic carbocycles. The van der Waals surface area contributed by atoms with E-state index < -0.39 is 17.6 Å². The molecular formula is C31H42F2O3. The Morgan fingerprint density at radius 3 is 2.44 bits per heavy atom. The molecule has 0 aliphatic heterocycles. The molecule has 3 aliphatic rings. The molecule has 3 fully saturated rings. The van der Waals surface area contributed by atoms with Crippen LogP contribution < -0.4 is 9.47 Å². The molecule has 0 amide bonds. The predicted molar refractivity (Wildman–Crippen MR) is 139 cm³/mol. The summed E-state index contributed by atoms with van der Waals surface area (Å²) < 4.78 is 39.5. The topological polar surface area (TPSA) is 35.5 Å². The number of carbonyl (C=O) groups excluding carboxylic acids is 1. The highest BCUT2D eigenvalue weighted by Gasteiger charge is 2.43. The van der Waals surface area contributed by atoms with Crippen LogP contribution in [0.3, 0.4) is 0 Å². The van der Waals surface area contributed by atoms with Crippen molar-refractivity contribution >= 4 is 5.97 Å². The number of ether oxygens (including phenoxy) is 2. The lowest BCUT2D eigenvalue weighted by Gasteiger charge is -2.46. The summed E-state index contributed by atoms with van der Waals surface area (Å²) in [6.45, 7) is 5.67. The zero-order valence-electron chi connectivity index (χ0n) is 21.7. The van der Waals surface area contributed by atoms with E-state index in [1.54, 1.807) is 0 Å². The van der Waals surface area contributed by atoms with Gasteiger partial charge in [0, 0.05) is 0 Å². The van der Waals surface area contributed by atoms with Crippen LogP contribution in [0.15, 0.2) is 36.9 Å². The van der Waals surface area contributed by atoms with E-state index in [9.17, 15) is 13.6 Å². The van der Waals surface area contributed by atoms with Gasteiger partial charge in [-0.25, -0.2) is 0 Å². The van der Waals surface area contributed by atoms with Crippen molar-refractivity contribution in [3.63, 3.8) is 0 Å². The SMILES string of the molecule is C=CCOc1ccc(OC(=O)C2CCCC3CC(C4CCC(CC/C=C/C)CC4)CCC32)c(F)c1F. The van der Waals surface area contributed by atoms with Gasteiger partial charge in [-0.05, 0) is 100 Å². The van der Waals surface area contributed by atoms with E-state index in [1.165, 1.54) is 76.0 Å². The summed E-state index contributed by atoms with van der Waals surface area (Å²) >= 11 is 0. The summed E-state index contributed by atoms with van der Waals surface area (Å²) in [4.78, 5) is 13.1. The first-order chi connectivity index (χ1) is 17.5. The molecule has 1 aromatic carbocycles. The first kappa shape index (κ1) is 26.9. The number of allylic oxidation sites excluding steroid dienone is 2. The van der Waals surface area contributed by atoms with Crippen molar-refractivity contribution in [1.29, 1.82) is 0 Å². The van der Waals surface area contributed by atoms with Gasteiger partial charge in [0.25, 0.3) is 0 Å². The molecule has 198 valence electrons. The molecule has 4 rings (SSSR count). The molecule has 0 aromatic heterocycles. The molecule has 36 heavy (non-hydrogen) atoms. The van der Waals surface area contributed by atoms with E-state index in [0.717, 1.165) is 37.0 Å². The smallest absolute Gasteiger partial charge is 0.314 e. The normalized spacial score (nSPS) is 30.5. The lowest BCUT2D eigenvalue weighted by Crippen LogP contribution is -2.40. The molecule has 0 N–H and O–H groups in total. The fourth-order valence-electron chi connectivity index (χ4n) is 7.20. The Kier molecular flexibility index (Phi) is 9.61. The Hall–Kier alpha value is -2.17. The number of esters is 1. The highest BCUT2D eigenvalue weighted by molar-refractivity contribution is 5.75. The van der Waals surface area contributed by atoms with Crippen molar-refractivity contribution in [3.05, 3.63) is 48.6 Å². The van der Waals surface area contributed by atoms with E-state index in [1.807, 2.05) is 0 Å². The van der Waals surface area contributed by atoms with Crippen LogP contribution in [0.1, 0.15) is 84.0 Å². The van der Waals surface area contributed by atoms with E-state index in [-0.39, 0.29) is 24.0 Å². The maximum absolute atomic E-state index is 14.6. The Bertz CT molecular complexity index is 919. The van der Waals surface area contributed by atoms with Gasteiger partial charge in [-0.1, -0.05) is 50.5 Å². The molecule has 0 radical (unpaired) electrons. The lowest BCUT2D eigenvalue weighted by molar-refractivity contribution is -0.144. The Morgan fingerprint density at radius 1 is 0.972 bits per heavy atom. The third kappa shape index (κ3) is 6.39. The van der Waals surface area contributed by atoms with E-state index in [0.29, 0.717) is 11.8 Å². The molecule has 4 unspecified atom stereocenters. The van der Waals surface area contributed by atoms with Gasteiger partial charge in [-0.2, -0.15) is 8.78 Å². The number of fused-ring (bicyclic) bond motifs is 1. The maximum Gasteiger partial charge on any atom is 0.314 e. The van der Waals surface area contributed by atoms with Gasteiger partial charge in [0.2, 0.25) is 11.6 Å². The lowest BCUT2D eigenvalue weighted by atomic mass is 9.59. The summed E-state index contributed by atoms with van der Waals surface area (Å²) in [5, 5.41) is 0. The minimum Gasteiger partial charge on any atom is -0.486 e. The Morgan fingerprint density at radius 2 is 1.69 bits per heavy atom. The summed E-state index contributed by atoms with van der Waals surface area (Å²) in [7, 11) is 0. The van der Waals surface area contributed by atoms with Crippen molar-refractivity contribution in [1.82, 2.24) is 0 Å². The fourth-order valence-corrected chi connectivity index (χ4v) is 7.20. The first-order valence-corrected chi connectivity index (χ1v) is 14.1. The van der Waals surface area contributed by atoms with Gasteiger partial charge in [0.05, 0.1) is 5.92 Å². The van der Waals surface area contributed by atoms with Crippen LogP contribution in [-0.2, 0) is 4.79 Å². The average molecular weight is 501 g/mol. The van der Waals surface area contributed by atoms with Gasteiger partial charge >= 0.3 is 5.97 Å². The van der Waals surface area contributed by atoms with Gasteiger partial charge in [-0.3, -0.25) is 4.79 Å². The largest absolute Gasteiger partial charge is 0.486 e. The minimum absolute atomic E-state index is 0.0691. The standard InChI is InChI=1S/C31H42F2O3/c1-3-5-6-8-21-11-13-22(14-12-21)23-15-16-25-24(20-23)9-7-10-26(25)31(34)36-28-18-17-27(35-19-4-2)29(32)30(28)33/h3-5,17-18,21-26H,2,6-16,19-20H2,1H3/b5-3+. The van der Waals surface area contributed by atoms with Crippen molar-refractivity contribution < 1.29 is 23.0 Å². The molecule has 3 nitrogen and oxygen atoms in total. The van der Waals surface area contributed by atoms with E-state index in [4.69, 9.17) is 9.47 Å². The fraction of sp³-hybridized carbons (Fsp3) is 0.645. The average Bonchev–Trinajstić information content (AvgIpc) is 2.90. The number of hydrogen-bond acceptors (Lipinski definition) is 3.